The third-order valence-electron chi connectivity index (χ3n) is 2.85. The fourth-order valence-electron chi connectivity index (χ4n) is 1.96. The highest BCUT2D eigenvalue weighted by Crippen LogP contribution is 2.27. The van der Waals surface area contributed by atoms with Gasteiger partial charge in [0.25, 0.3) is 5.56 Å². The van der Waals surface area contributed by atoms with Crippen molar-refractivity contribution in [1.82, 2.24) is 19.7 Å². The molecule has 0 atom stereocenters. The van der Waals surface area contributed by atoms with Gasteiger partial charge >= 0.3 is 5.69 Å². The van der Waals surface area contributed by atoms with Crippen LogP contribution in [0.15, 0.2) is 11.1 Å². The van der Waals surface area contributed by atoms with Gasteiger partial charge in [-0.3, -0.25) is 14.9 Å². The quantitative estimate of drug-likeness (QED) is 0.486. The third-order valence-corrected chi connectivity index (χ3v) is 3.83. The second-order valence-electron chi connectivity index (χ2n) is 3.99. The SMILES string of the molecule is CCc1nn(-c2nc[nH]c(=O)c2I)c(CC)c1[N+](=O)[O-]. The minimum atomic E-state index is -0.429. The van der Waals surface area contributed by atoms with Gasteiger partial charge in [-0.05, 0) is 35.4 Å². The molecule has 0 saturated carbocycles. The van der Waals surface area contributed by atoms with Gasteiger partial charge < -0.3 is 4.98 Å². The molecule has 0 aromatic carbocycles. The van der Waals surface area contributed by atoms with Crippen molar-refractivity contribution in [2.24, 2.45) is 0 Å². The van der Waals surface area contributed by atoms with E-state index in [1.165, 1.54) is 11.0 Å². The highest BCUT2D eigenvalue weighted by atomic mass is 127. The van der Waals surface area contributed by atoms with Gasteiger partial charge in [0.1, 0.15) is 15.0 Å². The number of halogens is 1. The number of hydrogen-bond acceptors (Lipinski definition) is 5. The first-order chi connectivity index (χ1) is 9.51. The maximum atomic E-state index is 11.6. The average Bonchev–Trinajstić information content (AvgIpc) is 2.80. The number of nitrogens with zero attached hydrogens (tertiary/aromatic N) is 4. The number of nitro groups is 1. The third kappa shape index (κ3) is 2.32. The summed E-state index contributed by atoms with van der Waals surface area (Å²) in [6.45, 7) is 3.61. The normalized spacial score (nSPS) is 10.8. The van der Waals surface area contributed by atoms with Gasteiger partial charge in [0, 0.05) is 0 Å². The zero-order valence-electron chi connectivity index (χ0n) is 10.9. The number of H-pyrrole nitrogens is 1. The lowest BCUT2D eigenvalue weighted by atomic mass is 10.2. The molecule has 0 aliphatic carbocycles. The van der Waals surface area contributed by atoms with E-state index in [1.54, 1.807) is 13.8 Å². The van der Waals surface area contributed by atoms with Gasteiger partial charge in [0.2, 0.25) is 0 Å². The van der Waals surface area contributed by atoms with Crippen molar-refractivity contribution in [3.05, 3.63) is 41.8 Å². The van der Waals surface area contributed by atoms with E-state index < -0.39 is 4.92 Å². The molecule has 0 bridgehead atoms. The predicted octanol–water partition coefficient (Wildman–Crippen LogP) is 1.59. The first-order valence-electron chi connectivity index (χ1n) is 5.99. The Morgan fingerprint density at radius 1 is 1.45 bits per heavy atom. The molecule has 2 rings (SSSR count). The van der Waals surface area contributed by atoms with Crippen LogP contribution in [-0.2, 0) is 12.8 Å². The Morgan fingerprint density at radius 3 is 2.70 bits per heavy atom. The van der Waals surface area contributed by atoms with Gasteiger partial charge in [-0.15, -0.1) is 0 Å². The van der Waals surface area contributed by atoms with E-state index in [-0.39, 0.29) is 11.2 Å². The zero-order valence-corrected chi connectivity index (χ0v) is 13.0. The minimum absolute atomic E-state index is 0.00730. The maximum absolute atomic E-state index is 11.6. The molecule has 20 heavy (non-hydrogen) atoms. The summed E-state index contributed by atoms with van der Waals surface area (Å²) in [5, 5.41) is 15.5. The second-order valence-corrected chi connectivity index (χ2v) is 5.07. The molecule has 2 aromatic rings. The van der Waals surface area contributed by atoms with Gasteiger partial charge in [-0.25, -0.2) is 9.67 Å². The fraction of sp³-hybridized carbons (Fsp3) is 0.364. The molecular weight excluding hydrogens is 377 g/mol. The van der Waals surface area contributed by atoms with Gasteiger partial charge in [0.15, 0.2) is 5.82 Å². The Labute approximate surface area is 127 Å². The molecule has 9 heteroatoms. The Balaban J connectivity index is 2.78. The summed E-state index contributed by atoms with van der Waals surface area (Å²) in [6, 6.07) is 0. The molecule has 0 saturated heterocycles. The topological polar surface area (TPSA) is 107 Å². The molecule has 0 aliphatic rings. The average molecular weight is 389 g/mol. The van der Waals surface area contributed by atoms with Crippen molar-refractivity contribution in [2.75, 3.05) is 0 Å². The van der Waals surface area contributed by atoms with Gasteiger partial charge in [-0.1, -0.05) is 13.8 Å². The molecule has 0 spiro atoms. The molecule has 0 unspecified atom stereocenters. The summed E-state index contributed by atoms with van der Waals surface area (Å²) >= 11 is 1.85. The Bertz CT molecular complexity index is 721. The first-order valence-corrected chi connectivity index (χ1v) is 7.07. The van der Waals surface area contributed by atoms with Crippen LogP contribution in [0, 0.1) is 13.7 Å². The van der Waals surface area contributed by atoms with Crippen molar-refractivity contribution in [1.29, 1.82) is 0 Å². The van der Waals surface area contributed by atoms with E-state index in [9.17, 15) is 14.9 Å². The van der Waals surface area contributed by atoms with Crippen molar-refractivity contribution < 1.29 is 4.92 Å². The minimum Gasteiger partial charge on any atom is -0.312 e. The predicted molar refractivity (Wildman–Crippen MR) is 80.1 cm³/mol. The molecular formula is C11H12IN5O3. The monoisotopic (exact) mass is 389 g/mol. The smallest absolute Gasteiger partial charge is 0.312 e. The van der Waals surface area contributed by atoms with Gasteiger partial charge in [0.05, 0.1) is 11.3 Å². The molecule has 2 heterocycles. The highest BCUT2D eigenvalue weighted by molar-refractivity contribution is 14.1. The maximum Gasteiger partial charge on any atom is 0.313 e. The van der Waals surface area contributed by atoms with Crippen molar-refractivity contribution in [3.63, 3.8) is 0 Å². The van der Waals surface area contributed by atoms with Crippen LogP contribution >= 0.6 is 22.6 Å². The van der Waals surface area contributed by atoms with Crippen LogP contribution < -0.4 is 5.56 Å². The van der Waals surface area contributed by atoms with Crippen LogP contribution in [0.1, 0.15) is 25.2 Å². The van der Waals surface area contributed by atoms with E-state index in [1.807, 2.05) is 22.6 Å². The van der Waals surface area contributed by atoms with Gasteiger partial charge in [-0.2, -0.15) is 5.10 Å². The van der Waals surface area contributed by atoms with E-state index in [2.05, 4.69) is 15.1 Å². The lowest BCUT2D eigenvalue weighted by molar-refractivity contribution is -0.386. The Morgan fingerprint density at radius 2 is 2.15 bits per heavy atom. The summed E-state index contributed by atoms with van der Waals surface area (Å²) in [5.41, 5.74) is 0.550. The highest BCUT2D eigenvalue weighted by Gasteiger charge is 2.27. The molecule has 106 valence electrons. The van der Waals surface area contributed by atoms with Crippen molar-refractivity contribution in [2.45, 2.75) is 26.7 Å². The van der Waals surface area contributed by atoms with E-state index in [0.717, 1.165) is 0 Å². The molecule has 1 N–H and O–H groups in total. The number of aryl methyl sites for hydroxylation is 1. The van der Waals surface area contributed by atoms with Crippen molar-refractivity contribution >= 4 is 28.3 Å². The molecule has 0 radical (unpaired) electrons. The zero-order chi connectivity index (χ0) is 14.9. The summed E-state index contributed by atoms with van der Waals surface area (Å²) in [6.07, 6.45) is 2.13. The van der Waals surface area contributed by atoms with Crippen LogP contribution in [0.25, 0.3) is 5.82 Å². The Hall–Kier alpha value is -1.78. The van der Waals surface area contributed by atoms with Crippen LogP contribution in [-0.4, -0.2) is 24.7 Å². The summed E-state index contributed by atoms with van der Waals surface area (Å²) in [7, 11) is 0. The lowest BCUT2D eigenvalue weighted by Crippen LogP contribution is -2.17. The summed E-state index contributed by atoms with van der Waals surface area (Å²) in [5.74, 6) is 0.314. The number of nitrogens with one attached hydrogen (secondary N) is 1. The number of hydrogen-bond donors (Lipinski definition) is 1. The lowest BCUT2D eigenvalue weighted by Gasteiger charge is -2.05. The molecule has 0 aliphatic heterocycles. The molecule has 2 aromatic heterocycles. The fourth-order valence-corrected chi connectivity index (χ4v) is 2.48. The van der Waals surface area contributed by atoms with Crippen LogP contribution in [0.3, 0.4) is 0 Å². The second kappa shape index (κ2) is 5.69. The standard InChI is InChI=1S/C11H12IN5O3/c1-3-6-9(17(19)20)7(4-2)16(15-6)10-8(12)11(18)14-5-13-10/h5H,3-4H2,1-2H3,(H,13,14,18). The molecule has 0 fully saturated rings. The number of rotatable bonds is 4. The van der Waals surface area contributed by atoms with Crippen LogP contribution in [0.5, 0.6) is 0 Å². The number of aromatic amines is 1. The van der Waals surface area contributed by atoms with Crippen LogP contribution in [0.4, 0.5) is 5.69 Å². The molecule has 8 nitrogen and oxygen atoms in total. The van der Waals surface area contributed by atoms with Crippen LogP contribution in [0.2, 0.25) is 0 Å². The van der Waals surface area contributed by atoms with E-state index >= 15 is 0 Å². The largest absolute Gasteiger partial charge is 0.313 e. The van der Waals surface area contributed by atoms with E-state index in [4.69, 9.17) is 0 Å². The number of aromatic nitrogens is 4. The summed E-state index contributed by atoms with van der Waals surface area (Å²) < 4.78 is 1.74. The first kappa shape index (κ1) is 14.6. The Kier molecular flexibility index (Phi) is 4.16. The van der Waals surface area contributed by atoms with E-state index in [0.29, 0.717) is 33.6 Å². The molecule has 0 amide bonds. The summed E-state index contributed by atoms with van der Waals surface area (Å²) in [4.78, 5) is 29.0. The van der Waals surface area contributed by atoms with Crippen molar-refractivity contribution in [3.8, 4) is 5.82 Å².